The maximum Gasteiger partial charge on any atom is 0.250 e. The van der Waals surface area contributed by atoms with Gasteiger partial charge < -0.3 is 5.73 Å². The molecule has 4 heteroatoms. The van der Waals surface area contributed by atoms with Crippen LogP contribution in [0.1, 0.15) is 20.8 Å². The molecule has 0 spiro atoms. The molecule has 0 aliphatic heterocycles. The molecule has 1 heterocycles. The van der Waals surface area contributed by atoms with E-state index in [4.69, 9.17) is 5.73 Å². The fourth-order valence-electron chi connectivity index (χ4n) is 0.621. The lowest BCUT2D eigenvalue weighted by Crippen LogP contribution is -2.11. The number of aromatic nitrogens is 1. The minimum Gasteiger partial charge on any atom is -0.366 e. The summed E-state index contributed by atoms with van der Waals surface area (Å²) in [6.45, 7) is 0. The van der Waals surface area contributed by atoms with Crippen LogP contribution in [0.4, 0.5) is 0 Å². The van der Waals surface area contributed by atoms with Crippen molar-refractivity contribution in [2.75, 3.05) is 0 Å². The number of carbonyl (C=O) groups is 2. The Balaban J connectivity index is 3.00. The predicted molar refractivity (Wildman–Crippen MR) is 38.1 cm³/mol. The summed E-state index contributed by atoms with van der Waals surface area (Å²) in [5.41, 5.74) is 5.53. The first-order chi connectivity index (χ1) is 5.24. The molecule has 1 aromatic rings. The fraction of sp³-hybridized carbons (Fsp3) is 0. The average molecular weight is 150 g/mol. The molecule has 0 aromatic carbocycles. The predicted octanol–water partition coefficient (Wildman–Crippen LogP) is -0.00700. The third-order valence-electron chi connectivity index (χ3n) is 1.19. The zero-order chi connectivity index (χ0) is 8.27. The van der Waals surface area contributed by atoms with Crippen LogP contribution in [0.15, 0.2) is 18.3 Å². The number of amides is 1. The van der Waals surface area contributed by atoms with E-state index in [-0.39, 0.29) is 5.69 Å². The summed E-state index contributed by atoms with van der Waals surface area (Å²) in [7, 11) is 0. The monoisotopic (exact) mass is 150 g/mol. The maximum absolute atomic E-state index is 10.5. The van der Waals surface area contributed by atoms with Crippen molar-refractivity contribution < 1.29 is 9.59 Å². The number of carbonyl (C=O) groups excluding carboxylic acids is 2. The van der Waals surface area contributed by atoms with Gasteiger partial charge >= 0.3 is 0 Å². The van der Waals surface area contributed by atoms with Crippen molar-refractivity contribution in [2.45, 2.75) is 0 Å². The Hall–Kier alpha value is -1.71. The Bertz CT molecular complexity index is 279. The smallest absolute Gasteiger partial charge is 0.250 e. The van der Waals surface area contributed by atoms with Gasteiger partial charge in [0.15, 0.2) is 6.29 Å². The molecule has 0 bridgehead atoms. The fourth-order valence-corrected chi connectivity index (χ4v) is 0.621. The summed E-state index contributed by atoms with van der Waals surface area (Å²) in [4.78, 5) is 24.3. The van der Waals surface area contributed by atoms with Crippen LogP contribution in [0.25, 0.3) is 0 Å². The number of primary amides is 1. The molecule has 0 fully saturated rings. The van der Waals surface area contributed by atoms with Crippen molar-refractivity contribution in [3.8, 4) is 0 Å². The number of aldehydes is 1. The normalized spacial score (nSPS) is 9.09. The molecule has 0 radical (unpaired) electrons. The second kappa shape index (κ2) is 2.92. The topological polar surface area (TPSA) is 73.1 Å². The molecule has 0 aliphatic rings. The lowest BCUT2D eigenvalue weighted by atomic mass is 10.2. The summed E-state index contributed by atoms with van der Waals surface area (Å²) in [6, 6.07) is 2.89. The average Bonchev–Trinajstić information content (AvgIpc) is 2.05. The standard InChI is InChI=1S/C7H6N2O2/c8-7(11)5-1-2-6(4-10)9-3-5/h1-4H,(H2,8,11). The van der Waals surface area contributed by atoms with Crippen molar-refractivity contribution in [2.24, 2.45) is 5.73 Å². The first kappa shape index (κ1) is 7.40. The van der Waals surface area contributed by atoms with Crippen molar-refractivity contribution >= 4 is 12.2 Å². The van der Waals surface area contributed by atoms with Crippen LogP contribution in [0.5, 0.6) is 0 Å². The molecule has 0 unspecified atom stereocenters. The van der Waals surface area contributed by atoms with Crippen LogP contribution in [-0.4, -0.2) is 17.2 Å². The first-order valence-corrected chi connectivity index (χ1v) is 2.95. The minimum absolute atomic E-state index is 0.287. The highest BCUT2D eigenvalue weighted by molar-refractivity contribution is 5.92. The van der Waals surface area contributed by atoms with Gasteiger partial charge in [0.05, 0.1) is 5.56 Å². The Morgan fingerprint density at radius 1 is 1.55 bits per heavy atom. The maximum atomic E-state index is 10.5. The molecule has 0 aliphatic carbocycles. The van der Waals surface area contributed by atoms with Crippen molar-refractivity contribution in [3.05, 3.63) is 29.6 Å². The molecule has 4 nitrogen and oxygen atoms in total. The zero-order valence-corrected chi connectivity index (χ0v) is 5.65. The Labute approximate surface area is 63.0 Å². The van der Waals surface area contributed by atoms with Crippen LogP contribution >= 0.6 is 0 Å². The van der Waals surface area contributed by atoms with Gasteiger partial charge in [-0.05, 0) is 12.1 Å². The van der Waals surface area contributed by atoms with Gasteiger partial charge in [-0.3, -0.25) is 14.6 Å². The Kier molecular flexibility index (Phi) is 1.96. The quantitative estimate of drug-likeness (QED) is 0.602. The zero-order valence-electron chi connectivity index (χ0n) is 5.65. The highest BCUT2D eigenvalue weighted by Crippen LogP contribution is 1.96. The van der Waals surface area contributed by atoms with E-state index < -0.39 is 5.91 Å². The Morgan fingerprint density at radius 3 is 2.64 bits per heavy atom. The van der Waals surface area contributed by atoms with Crippen LogP contribution in [-0.2, 0) is 0 Å². The summed E-state index contributed by atoms with van der Waals surface area (Å²) in [5.74, 6) is -0.546. The van der Waals surface area contributed by atoms with E-state index >= 15 is 0 Å². The number of hydrogen-bond donors (Lipinski definition) is 1. The second-order valence-corrected chi connectivity index (χ2v) is 1.95. The van der Waals surface area contributed by atoms with E-state index in [1.54, 1.807) is 0 Å². The number of pyridine rings is 1. The van der Waals surface area contributed by atoms with Gasteiger partial charge in [0, 0.05) is 6.20 Å². The molecule has 0 atom stereocenters. The van der Waals surface area contributed by atoms with Crippen LogP contribution in [0, 0.1) is 0 Å². The first-order valence-electron chi connectivity index (χ1n) is 2.95. The molecule has 1 amide bonds. The van der Waals surface area contributed by atoms with Crippen molar-refractivity contribution in [1.29, 1.82) is 0 Å². The van der Waals surface area contributed by atoms with Crippen molar-refractivity contribution in [1.82, 2.24) is 4.98 Å². The minimum atomic E-state index is -0.546. The summed E-state index contributed by atoms with van der Waals surface area (Å²) in [5, 5.41) is 0. The van der Waals surface area contributed by atoms with Crippen LogP contribution in [0.2, 0.25) is 0 Å². The number of rotatable bonds is 2. The van der Waals surface area contributed by atoms with Gasteiger partial charge in [-0.1, -0.05) is 0 Å². The molecular formula is C7H6N2O2. The van der Waals surface area contributed by atoms with E-state index in [0.29, 0.717) is 11.8 Å². The van der Waals surface area contributed by atoms with Gasteiger partial charge in [0.25, 0.3) is 0 Å². The van der Waals surface area contributed by atoms with Gasteiger partial charge in [-0.2, -0.15) is 0 Å². The highest BCUT2D eigenvalue weighted by atomic mass is 16.1. The number of nitrogens with two attached hydrogens (primary N) is 1. The van der Waals surface area contributed by atoms with Crippen LogP contribution < -0.4 is 5.73 Å². The molecule has 1 rings (SSSR count). The molecule has 2 N–H and O–H groups in total. The van der Waals surface area contributed by atoms with Gasteiger partial charge in [0.2, 0.25) is 5.91 Å². The summed E-state index contributed by atoms with van der Waals surface area (Å²) >= 11 is 0. The van der Waals surface area contributed by atoms with E-state index in [9.17, 15) is 9.59 Å². The molecule has 56 valence electrons. The summed E-state index contributed by atoms with van der Waals surface area (Å²) in [6.07, 6.45) is 1.87. The molecular weight excluding hydrogens is 144 g/mol. The van der Waals surface area contributed by atoms with Gasteiger partial charge in [0.1, 0.15) is 5.69 Å². The summed E-state index contributed by atoms with van der Waals surface area (Å²) < 4.78 is 0. The van der Waals surface area contributed by atoms with Crippen molar-refractivity contribution in [3.63, 3.8) is 0 Å². The lowest BCUT2D eigenvalue weighted by molar-refractivity contribution is 0.0998. The second-order valence-electron chi connectivity index (χ2n) is 1.95. The largest absolute Gasteiger partial charge is 0.366 e. The van der Waals surface area contributed by atoms with Gasteiger partial charge in [-0.25, -0.2) is 0 Å². The van der Waals surface area contributed by atoms with E-state index in [1.807, 2.05) is 0 Å². The molecule has 0 saturated heterocycles. The Morgan fingerprint density at radius 2 is 2.27 bits per heavy atom. The third kappa shape index (κ3) is 1.61. The lowest BCUT2D eigenvalue weighted by Gasteiger charge is -1.92. The molecule has 1 aromatic heterocycles. The third-order valence-corrected chi connectivity index (χ3v) is 1.19. The highest BCUT2D eigenvalue weighted by Gasteiger charge is 1.98. The van der Waals surface area contributed by atoms with Crippen LogP contribution in [0.3, 0.4) is 0 Å². The number of hydrogen-bond acceptors (Lipinski definition) is 3. The molecule has 0 saturated carbocycles. The SMILES string of the molecule is NC(=O)c1ccc(C=O)nc1. The van der Waals surface area contributed by atoms with E-state index in [2.05, 4.69) is 4.98 Å². The number of nitrogens with zero attached hydrogens (tertiary/aromatic N) is 1. The van der Waals surface area contributed by atoms with E-state index in [0.717, 1.165) is 0 Å². The van der Waals surface area contributed by atoms with E-state index in [1.165, 1.54) is 18.3 Å². The molecule has 11 heavy (non-hydrogen) atoms. The van der Waals surface area contributed by atoms with Gasteiger partial charge in [-0.15, -0.1) is 0 Å².